The van der Waals surface area contributed by atoms with E-state index in [-0.39, 0.29) is 16.1 Å². The molecule has 10 saturated carbocycles. The van der Waals surface area contributed by atoms with Gasteiger partial charge in [-0.05, 0) is 187 Å². The van der Waals surface area contributed by atoms with Crippen LogP contribution in [0.25, 0.3) is 0 Å². The first-order valence-corrected chi connectivity index (χ1v) is 20.4. The summed E-state index contributed by atoms with van der Waals surface area (Å²) >= 11 is 5.76. The molecule has 45 heavy (non-hydrogen) atoms. The van der Waals surface area contributed by atoms with Crippen LogP contribution in [0, 0.1) is 70.0 Å². The minimum atomic E-state index is -0.0731. The van der Waals surface area contributed by atoms with E-state index in [1.54, 1.807) is 0 Å². The maximum Gasteiger partial charge on any atom is 0.228 e. The number of likely N-dealkylation sites (tertiary alicyclic amines) is 1. The second-order valence-electron chi connectivity index (χ2n) is 18.8. The van der Waals surface area contributed by atoms with Gasteiger partial charge in [-0.15, -0.1) is 0 Å². The van der Waals surface area contributed by atoms with Gasteiger partial charge in [0.15, 0.2) is 0 Å². The number of rotatable bonds is 2. The Morgan fingerprint density at radius 3 is 1.49 bits per heavy atom. The van der Waals surface area contributed by atoms with Crippen molar-refractivity contribution in [3.8, 4) is 0 Å². The number of fused-ring (bicyclic) bond motifs is 2. The molecule has 2 saturated heterocycles. The molecule has 2 aliphatic heterocycles. The van der Waals surface area contributed by atoms with Crippen LogP contribution in [0.1, 0.15) is 141 Å². The van der Waals surface area contributed by atoms with Gasteiger partial charge in [0.1, 0.15) is 0 Å². The molecule has 5 heteroatoms. The van der Waals surface area contributed by atoms with Crippen molar-refractivity contribution in [3.05, 3.63) is 0 Å². The molecule has 12 aliphatic rings. The Bertz CT molecular complexity index is 992. The molecule has 252 valence electrons. The molecule has 2 heterocycles. The van der Waals surface area contributed by atoms with Crippen LogP contribution in [0.4, 0.5) is 0 Å². The summed E-state index contributed by atoms with van der Waals surface area (Å²) in [7, 11) is 0. The first kappa shape index (κ1) is 31.6. The zero-order chi connectivity index (χ0) is 30.6. The van der Waals surface area contributed by atoms with Gasteiger partial charge in [0.2, 0.25) is 11.1 Å². The predicted octanol–water partition coefficient (Wildman–Crippen LogP) is 9.00. The fourth-order valence-electron chi connectivity index (χ4n) is 14.4. The molecule has 10 aliphatic carbocycles. The summed E-state index contributed by atoms with van der Waals surface area (Å²) in [5.41, 5.74) is 0.0204. The molecule has 0 aromatic heterocycles. The van der Waals surface area contributed by atoms with Crippen molar-refractivity contribution >= 4 is 22.8 Å². The van der Waals surface area contributed by atoms with E-state index in [0.29, 0.717) is 5.91 Å². The van der Waals surface area contributed by atoms with E-state index in [4.69, 9.17) is 11.6 Å². The second kappa shape index (κ2) is 13.0. The van der Waals surface area contributed by atoms with Crippen molar-refractivity contribution in [1.29, 1.82) is 0 Å². The number of hydrogen-bond donors (Lipinski definition) is 1. The van der Waals surface area contributed by atoms with Crippen molar-refractivity contribution < 1.29 is 9.59 Å². The molecule has 4 nitrogen and oxygen atoms in total. The molecule has 1 N–H and O–H groups in total. The smallest absolute Gasteiger partial charge is 0.228 e. The summed E-state index contributed by atoms with van der Waals surface area (Å²) in [6.45, 7) is 4.76. The minimum absolute atomic E-state index is 0.0356. The Balaban J connectivity index is 0.000000111. The predicted molar refractivity (Wildman–Crippen MR) is 182 cm³/mol. The summed E-state index contributed by atoms with van der Waals surface area (Å²) in [5, 5.41) is 3.45. The third kappa shape index (κ3) is 6.45. The highest BCUT2D eigenvalue weighted by Gasteiger charge is 2.56. The number of halogens is 1. The van der Waals surface area contributed by atoms with Crippen molar-refractivity contribution in [3.63, 3.8) is 0 Å². The maximum absolute atomic E-state index is 13.5. The number of hydrogen-bond acceptors (Lipinski definition) is 3. The Labute approximate surface area is 279 Å². The lowest BCUT2D eigenvalue weighted by Gasteiger charge is -2.57. The summed E-state index contributed by atoms with van der Waals surface area (Å²) < 4.78 is 0. The van der Waals surface area contributed by atoms with E-state index in [1.165, 1.54) is 135 Å². The SMILES string of the molecule is C1CCC2CNCCC2C1.O=C(Cl)C12CC3CC(CC(C3)C1)C2.O=C(N1CCC2CCCCC2C1)C12CC3CC(CC(C3)C1)C2. The van der Waals surface area contributed by atoms with E-state index in [1.807, 2.05) is 0 Å². The van der Waals surface area contributed by atoms with Crippen molar-refractivity contribution in [1.82, 2.24) is 10.2 Å². The third-order valence-corrected chi connectivity index (χ3v) is 16.1. The second-order valence-corrected chi connectivity index (χ2v) is 19.2. The zero-order valence-corrected chi connectivity index (χ0v) is 29.1. The van der Waals surface area contributed by atoms with E-state index in [2.05, 4.69) is 10.2 Å². The molecule has 0 spiro atoms. The normalized spacial score (nSPS) is 48.7. The van der Waals surface area contributed by atoms with Gasteiger partial charge in [-0.3, -0.25) is 9.59 Å². The van der Waals surface area contributed by atoms with Gasteiger partial charge in [0.25, 0.3) is 0 Å². The number of piperidine rings is 2. The molecule has 1 amide bonds. The van der Waals surface area contributed by atoms with Crippen LogP contribution in [0.5, 0.6) is 0 Å². The van der Waals surface area contributed by atoms with Crippen LogP contribution >= 0.6 is 11.6 Å². The molecule has 0 radical (unpaired) electrons. The highest BCUT2D eigenvalue weighted by Crippen LogP contribution is 2.62. The maximum atomic E-state index is 13.5. The van der Waals surface area contributed by atoms with E-state index in [0.717, 1.165) is 91.5 Å². The average Bonchev–Trinajstić information content (AvgIpc) is 3.04. The highest BCUT2D eigenvalue weighted by atomic mass is 35.5. The fourth-order valence-corrected chi connectivity index (χ4v) is 14.6. The zero-order valence-electron chi connectivity index (χ0n) is 28.3. The Morgan fingerprint density at radius 2 is 1.00 bits per heavy atom. The Hall–Kier alpha value is -0.610. The minimum Gasteiger partial charge on any atom is -0.342 e. The molecule has 12 rings (SSSR count). The van der Waals surface area contributed by atoms with Gasteiger partial charge in [-0.25, -0.2) is 0 Å². The molecule has 4 unspecified atom stereocenters. The lowest BCUT2D eigenvalue weighted by atomic mass is 9.49. The van der Waals surface area contributed by atoms with Crippen LogP contribution < -0.4 is 5.32 Å². The van der Waals surface area contributed by atoms with Gasteiger partial charge in [0.05, 0.1) is 5.41 Å². The first-order valence-electron chi connectivity index (χ1n) is 20.1. The lowest BCUT2D eigenvalue weighted by molar-refractivity contribution is -0.160. The van der Waals surface area contributed by atoms with Gasteiger partial charge in [0, 0.05) is 18.5 Å². The van der Waals surface area contributed by atoms with E-state index < -0.39 is 0 Å². The number of amides is 1. The number of carbonyl (C=O) groups is 2. The third-order valence-electron chi connectivity index (χ3n) is 15.7. The highest BCUT2D eigenvalue weighted by molar-refractivity contribution is 6.64. The molecule has 4 atom stereocenters. The van der Waals surface area contributed by atoms with Gasteiger partial charge in [-0.2, -0.15) is 0 Å². The first-order chi connectivity index (χ1) is 21.9. The van der Waals surface area contributed by atoms with Crippen LogP contribution in [0.2, 0.25) is 0 Å². The van der Waals surface area contributed by atoms with E-state index >= 15 is 0 Å². The van der Waals surface area contributed by atoms with Crippen molar-refractivity contribution in [2.24, 2.45) is 70.0 Å². The number of nitrogens with one attached hydrogen (secondary N) is 1. The quantitative estimate of drug-likeness (QED) is 0.307. The van der Waals surface area contributed by atoms with Crippen LogP contribution in [0.15, 0.2) is 0 Å². The average molecular weight is 639 g/mol. The molecular weight excluding hydrogens is 576 g/mol. The largest absolute Gasteiger partial charge is 0.342 e. The van der Waals surface area contributed by atoms with Crippen LogP contribution in [0.3, 0.4) is 0 Å². The Kier molecular flexibility index (Phi) is 9.15. The summed E-state index contributed by atoms with van der Waals surface area (Å²) in [6, 6.07) is 0. The summed E-state index contributed by atoms with van der Waals surface area (Å²) in [6.07, 6.45) is 29.9. The standard InChI is InChI=1S/C20H31NO.C11H15ClO.C9H17N/c22-19(21-6-5-17-3-1-2-4-18(17)13-21)20-10-14-7-15(11-20)9-16(8-14)12-20;12-10(13)11-4-7-1-8(5-11)3-9(2-7)6-11;1-2-4-9-7-10-6-5-8(9)3-1/h14-18H,1-13H2;7-9H,1-6H2;8-10H,1-7H2. The monoisotopic (exact) mass is 638 g/mol. The van der Waals surface area contributed by atoms with Crippen LogP contribution in [-0.2, 0) is 9.59 Å². The number of nitrogens with zero attached hydrogens (tertiary/aromatic N) is 1. The Morgan fingerprint density at radius 1 is 0.556 bits per heavy atom. The van der Waals surface area contributed by atoms with Crippen molar-refractivity contribution in [2.45, 2.75) is 141 Å². The van der Waals surface area contributed by atoms with Gasteiger partial charge < -0.3 is 10.2 Å². The molecule has 0 aromatic rings. The van der Waals surface area contributed by atoms with Gasteiger partial charge in [-0.1, -0.05) is 38.5 Å². The summed E-state index contributed by atoms with van der Waals surface area (Å²) in [5.74, 6) is 9.66. The number of carbonyl (C=O) groups excluding carboxylic acids is 2. The molecule has 8 bridgehead atoms. The fraction of sp³-hybridized carbons (Fsp3) is 0.950. The molecule has 12 fully saturated rings. The van der Waals surface area contributed by atoms with Crippen molar-refractivity contribution in [2.75, 3.05) is 26.2 Å². The lowest BCUT2D eigenvalue weighted by Crippen LogP contribution is -2.57. The summed E-state index contributed by atoms with van der Waals surface area (Å²) in [4.78, 5) is 27.2. The topological polar surface area (TPSA) is 49.4 Å². The molecule has 0 aromatic carbocycles. The van der Waals surface area contributed by atoms with Gasteiger partial charge >= 0.3 is 0 Å². The van der Waals surface area contributed by atoms with E-state index in [9.17, 15) is 9.59 Å². The van der Waals surface area contributed by atoms with Crippen LogP contribution in [-0.4, -0.2) is 42.2 Å². The molecular formula is C40H63ClN2O2.